The van der Waals surface area contributed by atoms with Gasteiger partial charge in [-0.25, -0.2) is 0 Å². The molecule has 3 heteroatoms. The number of nitrogens with zero attached hydrogens (tertiary/aromatic N) is 1. The van der Waals surface area contributed by atoms with Crippen LogP contribution >= 0.6 is 11.6 Å². The summed E-state index contributed by atoms with van der Waals surface area (Å²) in [5.74, 6) is 0. The van der Waals surface area contributed by atoms with E-state index in [0.717, 1.165) is 19.5 Å². The fourth-order valence-corrected chi connectivity index (χ4v) is 3.68. The summed E-state index contributed by atoms with van der Waals surface area (Å²) in [7, 11) is 0. The van der Waals surface area contributed by atoms with E-state index >= 15 is 0 Å². The fourth-order valence-electron chi connectivity index (χ4n) is 3.26. The third-order valence-electron chi connectivity index (χ3n) is 4.37. The number of aliphatic hydroxyl groups excluding tert-OH is 1. The summed E-state index contributed by atoms with van der Waals surface area (Å²) >= 11 is 6.66. The first-order chi connectivity index (χ1) is 9.61. The third-order valence-corrected chi connectivity index (χ3v) is 4.74. The summed E-state index contributed by atoms with van der Waals surface area (Å²) < 4.78 is 0. The molecule has 0 aliphatic carbocycles. The van der Waals surface area contributed by atoms with Crippen molar-refractivity contribution in [3.05, 3.63) is 34.9 Å². The molecule has 0 aromatic heterocycles. The van der Waals surface area contributed by atoms with Crippen LogP contribution in [0.25, 0.3) is 0 Å². The highest BCUT2D eigenvalue weighted by molar-refractivity contribution is 6.21. The number of alkyl halides is 1. The number of hydrogen-bond acceptors (Lipinski definition) is 2. The molecule has 1 aromatic carbocycles. The average Bonchev–Trinajstić information content (AvgIpc) is 2.41. The van der Waals surface area contributed by atoms with Gasteiger partial charge in [-0.1, -0.05) is 30.2 Å². The molecular weight excluding hydrogens is 270 g/mol. The number of hydrogen-bond donors (Lipinski definition) is 1. The Labute approximate surface area is 127 Å². The molecule has 1 heterocycles. The van der Waals surface area contributed by atoms with Gasteiger partial charge in [0, 0.05) is 19.2 Å². The van der Waals surface area contributed by atoms with E-state index in [0.29, 0.717) is 6.04 Å². The summed E-state index contributed by atoms with van der Waals surface area (Å²) in [6, 6.07) is 7.00. The van der Waals surface area contributed by atoms with E-state index in [1.165, 1.54) is 36.0 Å². The molecule has 2 atom stereocenters. The molecule has 0 spiro atoms. The normalized spacial score (nSPS) is 21.9. The number of benzene rings is 1. The average molecular weight is 296 g/mol. The summed E-state index contributed by atoms with van der Waals surface area (Å²) in [6.45, 7) is 6.52. The van der Waals surface area contributed by atoms with Crippen LogP contribution in [-0.2, 0) is 0 Å². The van der Waals surface area contributed by atoms with Gasteiger partial charge in [0.05, 0.1) is 5.38 Å². The molecule has 0 saturated carbocycles. The van der Waals surface area contributed by atoms with Crippen molar-refractivity contribution in [3.8, 4) is 0 Å². The molecule has 2 unspecified atom stereocenters. The van der Waals surface area contributed by atoms with Gasteiger partial charge in [-0.15, -0.1) is 11.6 Å². The molecule has 20 heavy (non-hydrogen) atoms. The third kappa shape index (κ3) is 3.97. The lowest BCUT2D eigenvalue weighted by Crippen LogP contribution is -2.41. The van der Waals surface area contributed by atoms with Crippen LogP contribution in [0.15, 0.2) is 18.2 Å². The van der Waals surface area contributed by atoms with Gasteiger partial charge in [-0.05, 0) is 50.8 Å². The number of aliphatic hydroxyl groups is 1. The molecular formula is C17H26ClNO. The lowest BCUT2D eigenvalue weighted by molar-refractivity contribution is 0.119. The Morgan fingerprint density at radius 2 is 2.15 bits per heavy atom. The van der Waals surface area contributed by atoms with Gasteiger partial charge in [-0.3, -0.25) is 4.90 Å². The first-order valence-electron chi connectivity index (χ1n) is 7.68. The largest absolute Gasteiger partial charge is 0.396 e. The van der Waals surface area contributed by atoms with Crippen molar-refractivity contribution in [2.24, 2.45) is 0 Å². The van der Waals surface area contributed by atoms with Crippen LogP contribution in [-0.4, -0.2) is 35.7 Å². The topological polar surface area (TPSA) is 23.5 Å². The van der Waals surface area contributed by atoms with E-state index in [2.05, 4.69) is 36.9 Å². The van der Waals surface area contributed by atoms with Gasteiger partial charge in [0.2, 0.25) is 0 Å². The molecule has 1 aliphatic heterocycles. The van der Waals surface area contributed by atoms with E-state index in [1.54, 1.807) is 0 Å². The maximum absolute atomic E-state index is 9.20. The highest BCUT2D eigenvalue weighted by Gasteiger charge is 2.24. The molecule has 0 radical (unpaired) electrons. The maximum atomic E-state index is 9.20. The first-order valence-corrected chi connectivity index (χ1v) is 8.11. The van der Waals surface area contributed by atoms with Crippen molar-refractivity contribution >= 4 is 11.6 Å². The van der Waals surface area contributed by atoms with Crippen molar-refractivity contribution < 1.29 is 5.11 Å². The van der Waals surface area contributed by atoms with Gasteiger partial charge in [-0.2, -0.15) is 0 Å². The molecule has 112 valence electrons. The van der Waals surface area contributed by atoms with E-state index in [1.807, 2.05) is 0 Å². The number of piperidine rings is 1. The molecule has 2 rings (SSSR count). The molecule has 0 amide bonds. The number of aryl methyl sites for hydroxylation is 2. The smallest absolute Gasteiger partial charge is 0.0714 e. The van der Waals surface area contributed by atoms with Gasteiger partial charge < -0.3 is 5.11 Å². The minimum absolute atomic E-state index is 0.0369. The minimum atomic E-state index is 0.0369. The zero-order chi connectivity index (χ0) is 14.5. The predicted octanol–water partition coefficient (Wildman–Crippen LogP) is 3.82. The first kappa shape index (κ1) is 15.8. The standard InChI is InChI=1S/C17H26ClNO/c1-13-6-7-16(14(2)11-13)17(18)12-19-9-4-3-5-15(19)8-10-20/h6-7,11,15,17,20H,3-5,8-10,12H2,1-2H3. The highest BCUT2D eigenvalue weighted by Crippen LogP contribution is 2.29. The molecule has 1 aliphatic rings. The lowest BCUT2D eigenvalue weighted by Gasteiger charge is -2.36. The Bertz CT molecular complexity index is 433. The second-order valence-electron chi connectivity index (χ2n) is 5.98. The Hall–Kier alpha value is -0.570. The minimum Gasteiger partial charge on any atom is -0.396 e. The van der Waals surface area contributed by atoms with E-state index in [4.69, 9.17) is 11.6 Å². The van der Waals surface area contributed by atoms with Gasteiger partial charge in [0.15, 0.2) is 0 Å². The Morgan fingerprint density at radius 3 is 2.85 bits per heavy atom. The summed E-state index contributed by atoms with van der Waals surface area (Å²) in [4.78, 5) is 2.47. The van der Waals surface area contributed by atoms with E-state index in [9.17, 15) is 5.11 Å². The Kier molecular flexibility index (Phi) is 5.88. The Morgan fingerprint density at radius 1 is 1.35 bits per heavy atom. The zero-order valence-corrected chi connectivity index (χ0v) is 13.4. The molecule has 1 N–H and O–H groups in total. The van der Waals surface area contributed by atoms with Crippen LogP contribution in [0.5, 0.6) is 0 Å². The molecule has 1 fully saturated rings. The van der Waals surface area contributed by atoms with Crippen LogP contribution in [0.1, 0.15) is 47.8 Å². The van der Waals surface area contributed by atoms with Gasteiger partial charge in [0.25, 0.3) is 0 Å². The van der Waals surface area contributed by atoms with Crippen molar-refractivity contribution in [1.82, 2.24) is 4.90 Å². The second-order valence-corrected chi connectivity index (χ2v) is 6.51. The predicted molar refractivity (Wildman–Crippen MR) is 85.4 cm³/mol. The molecule has 1 aromatic rings. The zero-order valence-electron chi connectivity index (χ0n) is 12.6. The van der Waals surface area contributed by atoms with Crippen LogP contribution in [0.3, 0.4) is 0 Å². The quantitative estimate of drug-likeness (QED) is 0.835. The molecule has 1 saturated heterocycles. The van der Waals surface area contributed by atoms with Crippen molar-refractivity contribution in [2.45, 2.75) is 50.9 Å². The summed E-state index contributed by atoms with van der Waals surface area (Å²) in [6.07, 6.45) is 4.59. The van der Waals surface area contributed by atoms with E-state index in [-0.39, 0.29) is 12.0 Å². The second kappa shape index (κ2) is 7.44. The van der Waals surface area contributed by atoms with Crippen LogP contribution in [0.4, 0.5) is 0 Å². The van der Waals surface area contributed by atoms with Gasteiger partial charge >= 0.3 is 0 Å². The highest BCUT2D eigenvalue weighted by atomic mass is 35.5. The monoisotopic (exact) mass is 295 g/mol. The number of halogens is 1. The molecule has 2 nitrogen and oxygen atoms in total. The van der Waals surface area contributed by atoms with Crippen molar-refractivity contribution in [3.63, 3.8) is 0 Å². The van der Waals surface area contributed by atoms with E-state index < -0.39 is 0 Å². The van der Waals surface area contributed by atoms with Crippen LogP contribution < -0.4 is 0 Å². The van der Waals surface area contributed by atoms with Crippen molar-refractivity contribution in [1.29, 1.82) is 0 Å². The van der Waals surface area contributed by atoms with Crippen molar-refractivity contribution in [2.75, 3.05) is 19.7 Å². The number of rotatable bonds is 5. The van der Waals surface area contributed by atoms with Gasteiger partial charge in [0.1, 0.15) is 0 Å². The number of likely N-dealkylation sites (tertiary alicyclic amines) is 1. The van der Waals surface area contributed by atoms with Crippen LogP contribution in [0.2, 0.25) is 0 Å². The summed E-state index contributed by atoms with van der Waals surface area (Å²) in [5.41, 5.74) is 3.80. The maximum Gasteiger partial charge on any atom is 0.0714 e. The van der Waals surface area contributed by atoms with Crippen LogP contribution in [0, 0.1) is 13.8 Å². The summed E-state index contributed by atoms with van der Waals surface area (Å²) in [5, 5.41) is 9.24. The Balaban J connectivity index is 2.03. The lowest BCUT2D eigenvalue weighted by atomic mass is 9.97. The molecule has 0 bridgehead atoms. The fraction of sp³-hybridized carbons (Fsp3) is 0.647. The SMILES string of the molecule is Cc1ccc(C(Cl)CN2CCCCC2CCO)c(C)c1.